The number of ether oxygens (including phenoxy) is 1. The van der Waals surface area contributed by atoms with E-state index in [4.69, 9.17) is 4.74 Å². The van der Waals surface area contributed by atoms with E-state index < -0.39 is 10.0 Å². The summed E-state index contributed by atoms with van der Waals surface area (Å²) in [4.78, 5) is 12.6. The molecule has 1 unspecified atom stereocenters. The van der Waals surface area contributed by atoms with Crippen molar-refractivity contribution in [3.63, 3.8) is 0 Å². The van der Waals surface area contributed by atoms with Crippen molar-refractivity contribution in [2.75, 3.05) is 32.8 Å². The highest BCUT2D eigenvalue weighted by Gasteiger charge is 2.34. The van der Waals surface area contributed by atoms with Gasteiger partial charge in [-0.2, -0.15) is 13.1 Å². The summed E-state index contributed by atoms with van der Waals surface area (Å²) in [6, 6.07) is 4.96. The molecule has 1 aromatic carbocycles. The highest BCUT2D eigenvalue weighted by atomic mass is 32.2. The molecule has 0 spiro atoms. The van der Waals surface area contributed by atoms with Crippen molar-refractivity contribution in [1.29, 1.82) is 0 Å². The highest BCUT2D eigenvalue weighted by Crippen LogP contribution is 2.28. The van der Waals surface area contributed by atoms with Crippen LogP contribution in [0.15, 0.2) is 23.1 Å². The molecule has 0 bridgehead atoms. The molecular formula is C17H24N4O4S2. The number of hydrogen-bond donors (Lipinski definition) is 1. The molecule has 8 nitrogen and oxygen atoms in total. The molecule has 2 aromatic rings. The summed E-state index contributed by atoms with van der Waals surface area (Å²) >= 11 is 0.993. The first-order valence-electron chi connectivity index (χ1n) is 9.11. The second-order valence-electron chi connectivity index (χ2n) is 6.43. The normalized spacial score (nSPS) is 18.6. The summed E-state index contributed by atoms with van der Waals surface area (Å²) in [5.41, 5.74) is 0.965. The van der Waals surface area contributed by atoms with Crippen LogP contribution < -0.4 is 5.32 Å². The number of aromatic nitrogens is 2. The minimum absolute atomic E-state index is 0.0973. The number of nitrogens with zero attached hydrogens (tertiary/aromatic N) is 3. The van der Waals surface area contributed by atoms with E-state index in [2.05, 4.69) is 14.1 Å². The van der Waals surface area contributed by atoms with Gasteiger partial charge in [0.25, 0.3) is 0 Å². The van der Waals surface area contributed by atoms with Crippen molar-refractivity contribution in [2.45, 2.75) is 31.1 Å². The van der Waals surface area contributed by atoms with Crippen molar-refractivity contribution < 1.29 is 17.9 Å². The molecule has 1 aliphatic heterocycles. The summed E-state index contributed by atoms with van der Waals surface area (Å²) in [6.07, 6.45) is 2.08. The van der Waals surface area contributed by atoms with E-state index >= 15 is 0 Å². The number of hydrogen-bond acceptors (Lipinski definition) is 7. The number of carbonyl (C=O) groups is 1. The maximum atomic E-state index is 13.1. The van der Waals surface area contributed by atoms with E-state index in [9.17, 15) is 13.2 Å². The average Bonchev–Trinajstić information content (AvgIpc) is 3.16. The molecule has 1 amide bonds. The van der Waals surface area contributed by atoms with E-state index in [-0.39, 0.29) is 23.3 Å². The third kappa shape index (κ3) is 4.63. The van der Waals surface area contributed by atoms with Crippen LogP contribution in [0.2, 0.25) is 0 Å². The molecule has 148 valence electrons. The van der Waals surface area contributed by atoms with Crippen LogP contribution >= 0.6 is 11.7 Å². The van der Waals surface area contributed by atoms with Gasteiger partial charge in [-0.3, -0.25) is 4.79 Å². The Morgan fingerprint density at radius 2 is 2.26 bits per heavy atom. The van der Waals surface area contributed by atoms with E-state index in [1.807, 2.05) is 6.92 Å². The number of rotatable bonds is 8. The Morgan fingerprint density at radius 1 is 1.41 bits per heavy atom. The van der Waals surface area contributed by atoms with Crippen molar-refractivity contribution in [1.82, 2.24) is 18.4 Å². The molecule has 1 aliphatic rings. The first-order valence-corrected chi connectivity index (χ1v) is 11.3. The third-order valence-corrected chi connectivity index (χ3v) is 7.03. The second kappa shape index (κ2) is 9.05. The maximum Gasteiger partial charge on any atom is 0.245 e. The summed E-state index contributed by atoms with van der Waals surface area (Å²) in [5.74, 6) is -0.437. The number of piperidine rings is 1. The van der Waals surface area contributed by atoms with Crippen LogP contribution in [0.1, 0.15) is 26.2 Å². The average molecular weight is 413 g/mol. The van der Waals surface area contributed by atoms with Crippen molar-refractivity contribution in [2.24, 2.45) is 5.92 Å². The molecule has 1 fully saturated rings. The van der Waals surface area contributed by atoms with E-state index in [1.54, 1.807) is 18.2 Å². The second-order valence-corrected chi connectivity index (χ2v) is 8.87. The number of fused-ring (bicyclic) bond motifs is 1. The minimum atomic E-state index is -3.72. The number of amides is 1. The Labute approximate surface area is 163 Å². The van der Waals surface area contributed by atoms with Crippen LogP contribution in [-0.4, -0.2) is 60.2 Å². The molecule has 1 atom stereocenters. The van der Waals surface area contributed by atoms with E-state index in [0.717, 1.165) is 18.1 Å². The van der Waals surface area contributed by atoms with Gasteiger partial charge in [-0.1, -0.05) is 6.07 Å². The number of sulfonamides is 1. The SMILES string of the molecule is CCOCCCNC(=O)C1CCCN(S(=O)(=O)c2cccc3nsnc23)C1. The lowest BCUT2D eigenvalue weighted by Crippen LogP contribution is -2.45. The Bertz CT molecular complexity index is 884. The number of nitrogens with one attached hydrogen (secondary N) is 1. The lowest BCUT2D eigenvalue weighted by Gasteiger charge is -2.31. The minimum Gasteiger partial charge on any atom is -0.382 e. The van der Waals surface area contributed by atoms with Crippen LogP contribution in [0, 0.1) is 5.92 Å². The molecule has 10 heteroatoms. The first kappa shape index (κ1) is 20.1. The molecule has 3 rings (SSSR count). The predicted molar refractivity (Wildman–Crippen MR) is 103 cm³/mol. The van der Waals surface area contributed by atoms with E-state index in [1.165, 1.54) is 4.31 Å². The molecular weight excluding hydrogens is 388 g/mol. The number of benzene rings is 1. The smallest absolute Gasteiger partial charge is 0.245 e. The van der Waals surface area contributed by atoms with Gasteiger partial charge in [-0.25, -0.2) is 8.42 Å². The summed E-state index contributed by atoms with van der Waals surface area (Å²) in [6.45, 7) is 4.32. The lowest BCUT2D eigenvalue weighted by atomic mass is 9.99. The fourth-order valence-corrected chi connectivity index (χ4v) is 5.45. The van der Waals surface area contributed by atoms with Crippen molar-refractivity contribution >= 4 is 38.7 Å². The zero-order valence-electron chi connectivity index (χ0n) is 15.3. The Hall–Kier alpha value is -1.62. The van der Waals surface area contributed by atoms with Crippen LogP contribution in [0.3, 0.4) is 0 Å². The van der Waals surface area contributed by atoms with Gasteiger partial charge >= 0.3 is 0 Å². The summed E-state index contributed by atoms with van der Waals surface area (Å²) in [5, 5.41) is 2.89. The van der Waals surface area contributed by atoms with Gasteiger partial charge in [0.1, 0.15) is 15.9 Å². The summed E-state index contributed by atoms with van der Waals surface area (Å²) < 4.78 is 41.1. The third-order valence-electron chi connectivity index (χ3n) is 4.59. The van der Waals surface area contributed by atoms with Gasteiger partial charge in [0, 0.05) is 32.8 Å². The highest BCUT2D eigenvalue weighted by molar-refractivity contribution is 7.89. The Morgan fingerprint density at radius 3 is 3.07 bits per heavy atom. The molecule has 0 saturated carbocycles. The molecule has 27 heavy (non-hydrogen) atoms. The van der Waals surface area contributed by atoms with E-state index in [0.29, 0.717) is 50.2 Å². The van der Waals surface area contributed by atoms with Crippen LogP contribution in [0.4, 0.5) is 0 Å². The molecule has 0 radical (unpaired) electrons. The molecule has 2 heterocycles. The van der Waals surface area contributed by atoms with Gasteiger partial charge in [0.05, 0.1) is 17.6 Å². The van der Waals surface area contributed by atoms with Crippen molar-refractivity contribution in [3.8, 4) is 0 Å². The van der Waals surface area contributed by atoms with Gasteiger partial charge in [-0.05, 0) is 38.3 Å². The molecule has 0 aliphatic carbocycles. The van der Waals surface area contributed by atoms with Gasteiger partial charge in [0.15, 0.2) is 0 Å². The monoisotopic (exact) mass is 412 g/mol. The summed E-state index contributed by atoms with van der Waals surface area (Å²) in [7, 11) is -3.72. The predicted octanol–water partition coefficient (Wildman–Crippen LogP) is 1.63. The lowest BCUT2D eigenvalue weighted by molar-refractivity contribution is -0.126. The molecule has 1 aromatic heterocycles. The van der Waals surface area contributed by atoms with Crippen LogP contribution in [0.25, 0.3) is 11.0 Å². The van der Waals surface area contributed by atoms with Crippen molar-refractivity contribution in [3.05, 3.63) is 18.2 Å². The van der Waals surface area contributed by atoms with Gasteiger partial charge in [0.2, 0.25) is 15.9 Å². The van der Waals surface area contributed by atoms with Crippen LogP contribution in [0.5, 0.6) is 0 Å². The van der Waals surface area contributed by atoms with Gasteiger partial charge < -0.3 is 10.1 Å². The fraction of sp³-hybridized carbons (Fsp3) is 0.588. The zero-order chi connectivity index (χ0) is 19.3. The maximum absolute atomic E-state index is 13.1. The fourth-order valence-electron chi connectivity index (χ4n) is 3.18. The molecule has 1 saturated heterocycles. The topological polar surface area (TPSA) is 101 Å². The largest absolute Gasteiger partial charge is 0.382 e. The van der Waals surface area contributed by atoms with Crippen LogP contribution in [-0.2, 0) is 19.6 Å². The Kier molecular flexibility index (Phi) is 6.74. The standard InChI is InChI=1S/C17H24N4O4S2/c1-2-25-11-5-9-18-17(22)13-6-4-10-21(12-13)27(23,24)15-8-3-7-14-16(15)20-26-19-14/h3,7-8,13H,2,4-6,9-12H2,1H3,(H,18,22). The molecule has 1 N–H and O–H groups in total. The zero-order valence-corrected chi connectivity index (χ0v) is 16.9. The number of carbonyl (C=O) groups excluding carboxylic acids is 1. The van der Waals surface area contributed by atoms with Gasteiger partial charge in [-0.15, -0.1) is 0 Å². The first-order chi connectivity index (χ1) is 13.0. The quantitative estimate of drug-likeness (QED) is 0.662. The Balaban J connectivity index is 1.66.